The number of hydrogen-bond donors (Lipinski definition) is 0. The second kappa shape index (κ2) is 12.2. The van der Waals surface area contributed by atoms with E-state index in [1.165, 1.54) is 40.3 Å². The lowest BCUT2D eigenvalue weighted by Gasteiger charge is -2.44. The Balaban J connectivity index is 1.11. The topological polar surface area (TPSA) is 44.5 Å². The first kappa shape index (κ1) is 31.1. The van der Waals surface area contributed by atoms with Crippen LogP contribution in [0.5, 0.6) is 0 Å². The average Bonchev–Trinajstić information content (AvgIpc) is 4.05. The largest absolute Gasteiger partial charge is 0.278 e. The molecule has 8 aromatic carbocycles. The minimum Gasteiger partial charge on any atom is -0.278 e. The van der Waals surface area contributed by atoms with Crippen LogP contribution < -0.4 is 20.7 Å². The molecule has 0 N–H and O–H groups in total. The molecule has 0 radical (unpaired) electrons. The van der Waals surface area contributed by atoms with Gasteiger partial charge in [0.2, 0.25) is 11.6 Å². The van der Waals surface area contributed by atoms with E-state index in [-0.39, 0.29) is 5.56 Å². The Labute approximate surface area is 364 Å². The third-order valence-electron chi connectivity index (χ3n) is 12.9. The Kier molecular flexibility index (Phi) is 6.21. The predicted octanol–water partition coefficient (Wildman–Crippen LogP) is 10.1. The van der Waals surface area contributed by atoms with Crippen LogP contribution in [0.15, 0.2) is 189 Å². The summed E-state index contributed by atoms with van der Waals surface area (Å²) in [7, 11) is -2.88. The molecular weight excluding hydrogens is 801 g/mol. The molecule has 14 rings (SSSR count). The van der Waals surface area contributed by atoms with Crippen molar-refractivity contribution in [3.8, 4) is 11.4 Å². The van der Waals surface area contributed by atoms with Crippen molar-refractivity contribution in [3.05, 3.63) is 181 Å². The van der Waals surface area contributed by atoms with Crippen LogP contribution >= 0.6 is 23.5 Å². The number of benzene rings is 8. The summed E-state index contributed by atoms with van der Waals surface area (Å²) in [6.45, 7) is -0.247. The van der Waals surface area contributed by atoms with Gasteiger partial charge in [-0.1, -0.05) is 127 Å². The number of hydrogen-bond acceptors (Lipinski definition) is 4. The average molecular weight is 838 g/mol. The molecule has 4 aromatic heterocycles. The molecule has 0 amide bonds. The van der Waals surface area contributed by atoms with E-state index in [1.54, 1.807) is 6.07 Å². The maximum absolute atomic E-state index is 8.59. The van der Waals surface area contributed by atoms with Crippen molar-refractivity contribution in [1.29, 1.82) is 0 Å². The van der Waals surface area contributed by atoms with Crippen molar-refractivity contribution in [2.24, 2.45) is 0 Å². The van der Waals surface area contributed by atoms with E-state index in [1.807, 2.05) is 35.7 Å². The monoisotopic (exact) mass is 837 g/mol. The maximum Gasteiger partial charge on any atom is 0.220 e. The van der Waals surface area contributed by atoms with Crippen molar-refractivity contribution < 1.29 is 4.11 Å². The van der Waals surface area contributed by atoms with Crippen LogP contribution in [0.2, 0.25) is 0 Å². The molecule has 0 fully saturated rings. The Morgan fingerprint density at radius 2 is 0.984 bits per heavy atom. The lowest BCUT2D eigenvalue weighted by Crippen LogP contribution is -2.78. The summed E-state index contributed by atoms with van der Waals surface area (Å²) in [4.78, 5) is 15.7. The van der Waals surface area contributed by atoms with Gasteiger partial charge in [-0.25, -0.2) is 9.97 Å². The van der Waals surface area contributed by atoms with Crippen molar-refractivity contribution in [3.63, 3.8) is 0 Å². The molecule has 288 valence electrons. The van der Waals surface area contributed by atoms with Gasteiger partial charge in [0, 0.05) is 23.7 Å². The zero-order valence-corrected chi connectivity index (χ0v) is 35.3. The van der Waals surface area contributed by atoms with Gasteiger partial charge >= 0.3 is 0 Å². The fraction of sp³-hybridized carbons (Fsp3) is 0.0385. The number of nitrogens with zero attached hydrogens (tertiary/aromatic N) is 6. The highest BCUT2D eigenvalue weighted by molar-refractivity contribution is 8.01. The van der Waals surface area contributed by atoms with E-state index in [0.717, 1.165) is 61.3 Å². The van der Waals surface area contributed by atoms with E-state index in [9.17, 15) is 0 Å². The summed E-state index contributed by atoms with van der Waals surface area (Å²) in [5.74, 6) is 1.49. The lowest BCUT2D eigenvalue weighted by molar-refractivity contribution is 1.08. The van der Waals surface area contributed by atoms with Crippen LogP contribution in [-0.2, 0) is 0 Å². The highest BCUT2D eigenvalue weighted by Gasteiger charge is 2.51. The summed E-state index contributed by atoms with van der Waals surface area (Å²) in [6, 6.07) is 60.8. The second-order valence-electron chi connectivity index (χ2n) is 16.0. The quantitative estimate of drug-likeness (QED) is 0.163. The molecule has 0 saturated carbocycles. The summed E-state index contributed by atoms with van der Waals surface area (Å²) >= 11 is 3.70. The third kappa shape index (κ3) is 4.30. The maximum atomic E-state index is 8.59. The lowest BCUT2D eigenvalue weighted by atomic mass is 10.2. The minimum atomic E-state index is -2.88. The summed E-state index contributed by atoms with van der Waals surface area (Å²) in [5.41, 5.74) is 10.6. The van der Waals surface area contributed by atoms with E-state index >= 15 is 0 Å². The van der Waals surface area contributed by atoms with E-state index in [0.29, 0.717) is 11.3 Å². The zero-order valence-electron chi connectivity index (χ0n) is 35.7. The van der Waals surface area contributed by atoms with Gasteiger partial charge in [0.15, 0.2) is 8.07 Å². The molecule has 0 bridgehead atoms. The Morgan fingerprint density at radius 1 is 0.459 bits per heavy atom. The first-order valence-electron chi connectivity index (χ1n) is 21.9. The van der Waals surface area contributed by atoms with Gasteiger partial charge in [-0.2, -0.15) is 0 Å². The van der Waals surface area contributed by atoms with Crippen LogP contribution in [0.1, 0.15) is 15.2 Å². The highest BCUT2D eigenvalue weighted by atomic mass is 32.2. The molecule has 0 unspecified atom stereocenters. The smallest absolute Gasteiger partial charge is 0.220 e. The van der Waals surface area contributed by atoms with Gasteiger partial charge in [-0.3, -0.25) is 17.9 Å². The van der Waals surface area contributed by atoms with Crippen LogP contribution in [0.3, 0.4) is 0 Å². The fourth-order valence-corrected chi connectivity index (χ4v) is 19.7. The molecule has 2 aliphatic heterocycles. The first-order valence-corrected chi connectivity index (χ1v) is 24.1. The molecule has 9 heteroatoms. The summed E-state index contributed by atoms with van der Waals surface area (Å²) in [5, 5.41) is 5.54. The standard InChI is InChI=1S/C52H34N6S2Si/c1-31-14-11-18-37-48(31)53-51-55(34-16-3-4-17-35(34)56(37)51)33-28-29-36-40(30-33)58-38-19-12-15-32(2)49(38)54-52(58)57(36)39-20-13-27-47-50(39)60-43-23-7-10-26-46(43)61(47)44-24-8-5-21-41(44)59-42-22-6-9-25-45(42)61/h3-30H,1-2H3/i2D3. The fourth-order valence-electron chi connectivity index (χ4n) is 10.5. The molecule has 2 aliphatic rings. The predicted molar refractivity (Wildman–Crippen MR) is 254 cm³/mol. The zero-order chi connectivity index (χ0) is 42.6. The summed E-state index contributed by atoms with van der Waals surface area (Å²) in [6.07, 6.45) is 0. The van der Waals surface area contributed by atoms with Crippen molar-refractivity contribution >= 4 is 108 Å². The molecule has 12 aromatic rings. The second-order valence-corrected chi connectivity index (χ2v) is 21.8. The number of imidazole rings is 4. The van der Waals surface area contributed by atoms with Gasteiger partial charge in [0.25, 0.3) is 0 Å². The molecule has 0 aliphatic carbocycles. The van der Waals surface area contributed by atoms with Crippen molar-refractivity contribution in [2.75, 3.05) is 0 Å². The SMILES string of the molecule is [2H]C([2H])([2H])c1cccc2c1nc1n(-c3cccc4c3Sc3ccccc3[Si]43c4ccccc4Sc4ccccc43)c3ccc(-n4c5ccccc5n5c6cccc(C)c6nc45)cc3n21. The molecule has 1 spiro atoms. The Bertz CT molecular complexity index is 3950. The molecule has 6 heterocycles. The van der Waals surface area contributed by atoms with Gasteiger partial charge in [0.05, 0.1) is 55.5 Å². The molecular formula is C52H34N6S2Si. The number of para-hydroxylation sites is 4. The number of aryl methyl sites for hydroxylation is 2. The van der Waals surface area contributed by atoms with Gasteiger partial charge in [-0.15, -0.1) is 0 Å². The van der Waals surface area contributed by atoms with E-state index < -0.39 is 14.9 Å². The van der Waals surface area contributed by atoms with Crippen LogP contribution in [0.4, 0.5) is 0 Å². The normalized spacial score (nSPS) is 15.0. The Morgan fingerprint density at radius 3 is 1.69 bits per heavy atom. The van der Waals surface area contributed by atoms with Crippen molar-refractivity contribution in [1.82, 2.24) is 27.9 Å². The van der Waals surface area contributed by atoms with Crippen molar-refractivity contribution in [2.45, 2.75) is 33.4 Å². The first-order chi connectivity index (χ1) is 31.3. The van der Waals surface area contributed by atoms with E-state index in [4.69, 9.17) is 14.1 Å². The molecule has 0 saturated heterocycles. The minimum absolute atomic E-state index is 0.236. The molecule has 0 atom stereocenters. The van der Waals surface area contributed by atoms with Gasteiger partial charge in [0.1, 0.15) is 0 Å². The highest BCUT2D eigenvalue weighted by Crippen LogP contribution is 2.43. The Hall–Kier alpha value is -6.78. The number of rotatable bonds is 2. The number of aromatic nitrogens is 6. The van der Waals surface area contributed by atoms with Gasteiger partial charge in [-0.05, 0) is 112 Å². The van der Waals surface area contributed by atoms with E-state index in [2.05, 4.69) is 177 Å². The van der Waals surface area contributed by atoms with Crippen LogP contribution in [0, 0.1) is 13.8 Å². The summed E-state index contributed by atoms with van der Waals surface area (Å²) < 4.78 is 34.7. The third-order valence-corrected chi connectivity index (χ3v) is 21.0. The molecule has 6 nitrogen and oxygen atoms in total. The number of fused-ring (bicyclic) bond motifs is 18. The van der Waals surface area contributed by atoms with Crippen LogP contribution in [0.25, 0.3) is 67.1 Å². The molecule has 61 heavy (non-hydrogen) atoms. The van der Waals surface area contributed by atoms with Crippen LogP contribution in [-0.4, -0.2) is 36.0 Å². The van der Waals surface area contributed by atoms with Gasteiger partial charge < -0.3 is 0 Å².